The van der Waals surface area contributed by atoms with Gasteiger partial charge >= 0.3 is 5.97 Å². The third kappa shape index (κ3) is 4.19. The summed E-state index contributed by atoms with van der Waals surface area (Å²) in [6.07, 6.45) is -1.43. The number of esters is 1. The van der Waals surface area contributed by atoms with Crippen molar-refractivity contribution in [2.75, 3.05) is 7.11 Å². The second kappa shape index (κ2) is 8.39. The van der Waals surface area contributed by atoms with E-state index in [1.165, 1.54) is 31.4 Å². The topological polar surface area (TPSA) is 177 Å². The fourth-order valence-electron chi connectivity index (χ4n) is 3.18. The van der Waals surface area contributed by atoms with Crippen molar-refractivity contribution in [3.63, 3.8) is 0 Å². The minimum Gasteiger partial charge on any atom is -0.507 e. The molecule has 0 aromatic heterocycles. The molecule has 2 amide bonds. The number of methoxy groups -OCH3 is 1. The number of benzene rings is 2. The number of ether oxygens (including phenoxy) is 1. The van der Waals surface area contributed by atoms with E-state index >= 15 is 0 Å². The number of aromatic hydroxyl groups is 2. The lowest BCUT2D eigenvalue weighted by molar-refractivity contribution is -0.145. The van der Waals surface area contributed by atoms with Crippen LogP contribution in [0.5, 0.6) is 11.5 Å². The van der Waals surface area contributed by atoms with E-state index in [1.54, 1.807) is 12.1 Å². The first-order valence-electron chi connectivity index (χ1n) is 9.06. The Kier molecular flexibility index (Phi) is 5.90. The highest BCUT2D eigenvalue weighted by atomic mass is 16.5. The molecule has 158 valence electrons. The van der Waals surface area contributed by atoms with Crippen LogP contribution in [0, 0.1) is 0 Å². The molecule has 1 heterocycles. The molecule has 0 saturated carbocycles. The van der Waals surface area contributed by atoms with Crippen LogP contribution in [0.25, 0.3) is 11.1 Å². The Morgan fingerprint density at radius 3 is 2.30 bits per heavy atom. The highest BCUT2D eigenvalue weighted by Crippen LogP contribution is 2.37. The number of phenols is 2. The highest BCUT2D eigenvalue weighted by molar-refractivity contribution is 5.92. The first kappa shape index (κ1) is 21.1. The van der Waals surface area contributed by atoms with E-state index in [4.69, 9.17) is 16.2 Å². The number of carbonyl (C=O) groups excluding carboxylic acids is 3. The highest BCUT2D eigenvalue weighted by Gasteiger charge is 2.28. The van der Waals surface area contributed by atoms with Crippen molar-refractivity contribution in [2.45, 2.75) is 24.7 Å². The van der Waals surface area contributed by atoms with Gasteiger partial charge in [0.05, 0.1) is 7.11 Å². The Balaban J connectivity index is 2.16. The molecule has 3 atom stereocenters. The lowest BCUT2D eigenvalue weighted by Gasteiger charge is -2.22. The molecule has 3 rings (SSSR count). The van der Waals surface area contributed by atoms with Gasteiger partial charge in [-0.2, -0.15) is 0 Å². The number of fused-ring (bicyclic) bond motifs is 5. The van der Waals surface area contributed by atoms with Crippen LogP contribution >= 0.6 is 0 Å². The molecule has 1 aliphatic heterocycles. The second-order valence-electron chi connectivity index (χ2n) is 6.88. The predicted molar refractivity (Wildman–Crippen MR) is 106 cm³/mol. The van der Waals surface area contributed by atoms with Crippen LogP contribution in [0.15, 0.2) is 36.4 Å². The molecule has 0 saturated heterocycles. The number of amides is 2. The van der Waals surface area contributed by atoms with Gasteiger partial charge in [-0.1, -0.05) is 12.1 Å². The van der Waals surface area contributed by atoms with E-state index in [9.17, 15) is 24.6 Å². The van der Waals surface area contributed by atoms with Gasteiger partial charge in [-0.3, -0.25) is 9.59 Å². The van der Waals surface area contributed by atoms with E-state index in [0.29, 0.717) is 11.1 Å². The van der Waals surface area contributed by atoms with Crippen LogP contribution < -0.4 is 22.1 Å². The minimum absolute atomic E-state index is 0.0202. The summed E-state index contributed by atoms with van der Waals surface area (Å²) < 4.78 is 4.74. The largest absolute Gasteiger partial charge is 0.507 e. The Morgan fingerprint density at radius 1 is 1.00 bits per heavy atom. The number of hydrogen-bond acceptors (Lipinski definition) is 8. The van der Waals surface area contributed by atoms with Crippen molar-refractivity contribution in [3.8, 4) is 22.6 Å². The van der Waals surface area contributed by atoms with Crippen LogP contribution in [-0.4, -0.2) is 47.3 Å². The molecular weight excluding hydrogens is 392 g/mol. The number of hydrogen-bond donors (Lipinski definition) is 6. The van der Waals surface area contributed by atoms with Gasteiger partial charge in [0.25, 0.3) is 5.91 Å². The molecule has 1 aliphatic rings. The van der Waals surface area contributed by atoms with Gasteiger partial charge in [-0.25, -0.2) is 4.79 Å². The summed E-state index contributed by atoms with van der Waals surface area (Å²) in [5, 5.41) is 25.4. The molecule has 0 aliphatic carbocycles. The zero-order valence-electron chi connectivity index (χ0n) is 16.1. The lowest BCUT2D eigenvalue weighted by Crippen LogP contribution is -2.57. The minimum atomic E-state index is -1.45. The smallest absolute Gasteiger partial charge is 0.328 e. The third-order valence-electron chi connectivity index (χ3n) is 4.84. The number of carbonyl (C=O) groups is 3. The maximum Gasteiger partial charge on any atom is 0.328 e. The van der Waals surface area contributed by atoms with Gasteiger partial charge in [0, 0.05) is 17.5 Å². The maximum atomic E-state index is 12.4. The molecule has 10 nitrogen and oxygen atoms in total. The van der Waals surface area contributed by atoms with Crippen LogP contribution in [-0.2, 0) is 25.5 Å². The first-order valence-corrected chi connectivity index (χ1v) is 9.06. The maximum absolute atomic E-state index is 12.4. The van der Waals surface area contributed by atoms with Crippen LogP contribution in [0.4, 0.5) is 0 Å². The summed E-state index contributed by atoms with van der Waals surface area (Å²) >= 11 is 0. The van der Waals surface area contributed by atoms with Gasteiger partial charge in [-0.05, 0) is 35.4 Å². The van der Waals surface area contributed by atoms with E-state index in [-0.39, 0.29) is 29.0 Å². The van der Waals surface area contributed by atoms with Gasteiger partial charge in [0.2, 0.25) is 5.91 Å². The fraction of sp³-hybridized carbons (Fsp3) is 0.250. The monoisotopic (exact) mass is 414 g/mol. The quantitative estimate of drug-likeness (QED) is 0.334. The van der Waals surface area contributed by atoms with Crippen molar-refractivity contribution >= 4 is 17.8 Å². The third-order valence-corrected chi connectivity index (χ3v) is 4.84. The summed E-state index contributed by atoms with van der Waals surface area (Å²) in [5.74, 6) is -2.52. The van der Waals surface area contributed by atoms with Crippen molar-refractivity contribution in [2.24, 2.45) is 11.5 Å². The Hall–Kier alpha value is -3.63. The summed E-state index contributed by atoms with van der Waals surface area (Å²) in [4.78, 5) is 37.0. The molecule has 2 aromatic rings. The van der Waals surface area contributed by atoms with Crippen LogP contribution in [0.3, 0.4) is 0 Å². The number of phenolic OH excluding ortho intramolecular Hbond substituents is 2. The van der Waals surface area contributed by atoms with Crippen molar-refractivity contribution in [3.05, 3.63) is 47.5 Å². The molecule has 0 spiro atoms. The standard InChI is InChI=1S/C20H22N4O6/c1-30-20(29)13-7-9-2-4-14(25)11(6-9)12-8-10(3-5-15(12)26)16(21)18(27)24-17(22)19(28)23-13/h2-6,8,13,16-17,25-26H,7,21-22H2,1H3,(H,23,28)(H,24,27)/t13-,16-,17+/m0/s1. The van der Waals surface area contributed by atoms with Crippen LogP contribution in [0.2, 0.25) is 0 Å². The van der Waals surface area contributed by atoms with E-state index < -0.39 is 36.0 Å². The van der Waals surface area contributed by atoms with Crippen molar-refractivity contribution in [1.29, 1.82) is 0 Å². The Morgan fingerprint density at radius 2 is 1.63 bits per heavy atom. The van der Waals surface area contributed by atoms with Gasteiger partial charge < -0.3 is 37.1 Å². The molecule has 0 fully saturated rings. The summed E-state index contributed by atoms with van der Waals surface area (Å²) in [6.45, 7) is 0. The van der Waals surface area contributed by atoms with Gasteiger partial charge in [-0.15, -0.1) is 0 Å². The molecule has 4 bridgehead atoms. The van der Waals surface area contributed by atoms with E-state index in [1.807, 2.05) is 0 Å². The second-order valence-corrected chi connectivity index (χ2v) is 6.88. The fourth-order valence-corrected chi connectivity index (χ4v) is 3.18. The molecular formula is C20H22N4O6. The van der Waals surface area contributed by atoms with Crippen molar-refractivity contribution < 1.29 is 29.3 Å². The summed E-state index contributed by atoms with van der Waals surface area (Å²) in [5.41, 5.74) is 13.2. The van der Waals surface area contributed by atoms with Gasteiger partial charge in [0.15, 0.2) is 6.17 Å². The molecule has 0 unspecified atom stereocenters. The number of rotatable bonds is 1. The Bertz CT molecular complexity index is 1010. The average molecular weight is 414 g/mol. The SMILES string of the molecule is COC(=O)[C@@H]1Cc2ccc(O)c(c2)-c2cc(ccc2O)[C@H](N)C(=O)N[C@@H](N)C(=O)N1. The molecule has 8 N–H and O–H groups in total. The number of nitrogens with two attached hydrogens (primary N) is 2. The molecule has 0 radical (unpaired) electrons. The molecule has 2 aromatic carbocycles. The number of nitrogens with one attached hydrogen (secondary N) is 2. The Labute approximate surface area is 171 Å². The van der Waals surface area contributed by atoms with Crippen LogP contribution in [0.1, 0.15) is 17.2 Å². The average Bonchev–Trinajstić information content (AvgIpc) is 2.73. The van der Waals surface area contributed by atoms with Gasteiger partial charge in [0.1, 0.15) is 23.6 Å². The summed E-state index contributed by atoms with van der Waals surface area (Å²) in [7, 11) is 1.17. The molecule has 10 heteroatoms. The first-order chi connectivity index (χ1) is 14.2. The van der Waals surface area contributed by atoms with E-state index in [2.05, 4.69) is 10.6 Å². The van der Waals surface area contributed by atoms with Crippen molar-refractivity contribution in [1.82, 2.24) is 10.6 Å². The molecule has 30 heavy (non-hydrogen) atoms. The lowest BCUT2D eigenvalue weighted by atomic mass is 9.94. The summed E-state index contributed by atoms with van der Waals surface area (Å²) in [6, 6.07) is 6.50. The zero-order valence-corrected chi connectivity index (χ0v) is 16.1. The zero-order chi connectivity index (χ0) is 22.0. The normalized spacial score (nSPS) is 21.8. The van der Waals surface area contributed by atoms with E-state index in [0.717, 1.165) is 0 Å². The predicted octanol–water partition coefficient (Wildman–Crippen LogP) is -0.620.